The number of halogens is 4. The third-order valence-electron chi connectivity index (χ3n) is 14.2. The fourth-order valence-corrected chi connectivity index (χ4v) is 10.5. The van der Waals surface area contributed by atoms with Gasteiger partial charge in [0, 0.05) is 37.7 Å². The number of fused-ring (bicyclic) bond motifs is 5. The summed E-state index contributed by atoms with van der Waals surface area (Å²) in [6, 6.07) is 15.2. The average molecular weight is 1220 g/mol. The van der Waals surface area contributed by atoms with E-state index in [0.29, 0.717) is 57.9 Å². The molecule has 2 atom stereocenters. The van der Waals surface area contributed by atoms with Gasteiger partial charge in [0.15, 0.2) is 5.82 Å². The number of anilines is 1. The molecule has 4 aliphatic rings. The van der Waals surface area contributed by atoms with E-state index in [2.05, 4.69) is 66.7 Å². The summed E-state index contributed by atoms with van der Waals surface area (Å²) in [5.74, 6) is 2.06. The smallest absolute Gasteiger partial charge is 0.275 e. The summed E-state index contributed by atoms with van der Waals surface area (Å²) in [4.78, 5) is 71.9. The van der Waals surface area contributed by atoms with Crippen molar-refractivity contribution in [2.24, 2.45) is 0 Å². The lowest BCUT2D eigenvalue weighted by molar-refractivity contribution is 0.520. The van der Waals surface area contributed by atoms with Crippen LogP contribution in [0.5, 0.6) is 0 Å². The van der Waals surface area contributed by atoms with Crippen molar-refractivity contribution in [2.75, 3.05) is 18.0 Å². The quantitative estimate of drug-likeness (QED) is 0.0999. The zero-order valence-corrected chi connectivity index (χ0v) is 48.9. The molecule has 0 radical (unpaired) electrons. The third kappa shape index (κ3) is 13.5. The Balaban J connectivity index is 0.000000199. The molecule has 23 nitrogen and oxygen atoms in total. The highest BCUT2D eigenvalue weighted by Gasteiger charge is 2.32. The maximum atomic E-state index is 14.0. The van der Waals surface area contributed by atoms with Gasteiger partial charge in [-0.1, -0.05) is 25.7 Å². The van der Waals surface area contributed by atoms with Crippen molar-refractivity contribution in [3.05, 3.63) is 155 Å². The Kier molecular flexibility index (Phi) is 23.1. The second kappa shape index (κ2) is 29.0. The molecule has 436 valence electrons. The van der Waals surface area contributed by atoms with E-state index in [1.54, 1.807) is 22.8 Å². The normalized spacial score (nSPS) is 16.3. The first kappa shape index (κ1) is 65.3. The summed E-state index contributed by atoms with van der Waals surface area (Å²) in [7, 11) is 0. The molecule has 0 bridgehead atoms. The van der Waals surface area contributed by atoms with Crippen molar-refractivity contribution in [3.63, 3.8) is 0 Å². The molecule has 14 rings (SSSR count). The maximum Gasteiger partial charge on any atom is 0.275 e. The summed E-state index contributed by atoms with van der Waals surface area (Å²) >= 11 is 0. The monoisotopic (exact) mass is 1220 g/mol. The van der Waals surface area contributed by atoms with E-state index in [-0.39, 0.29) is 118 Å². The fraction of sp³-hybridized carbons (Fsp3) is 0.373. The summed E-state index contributed by atoms with van der Waals surface area (Å²) in [6.45, 7) is 3.00. The molecule has 4 fully saturated rings. The lowest BCUT2D eigenvalue weighted by Crippen LogP contribution is -2.28. The molecule has 12 heterocycles. The van der Waals surface area contributed by atoms with Crippen molar-refractivity contribution in [1.82, 2.24) is 78.7 Å². The van der Waals surface area contributed by atoms with Crippen molar-refractivity contribution in [1.29, 1.82) is 10.5 Å². The van der Waals surface area contributed by atoms with E-state index >= 15 is 0 Å². The highest BCUT2D eigenvalue weighted by molar-refractivity contribution is 7.59. The van der Waals surface area contributed by atoms with Crippen LogP contribution in [0.15, 0.2) is 86.4 Å². The van der Waals surface area contributed by atoms with Gasteiger partial charge in [0.05, 0.1) is 29.1 Å². The number of hydrogen-bond donors (Lipinski definition) is 6. The third-order valence-corrected chi connectivity index (χ3v) is 14.2. The Labute approximate surface area is 498 Å². The van der Waals surface area contributed by atoms with E-state index in [0.717, 1.165) is 90.1 Å². The molecule has 10 aromatic heterocycles. The number of aromatic amines is 5. The first-order chi connectivity index (χ1) is 37.4. The Bertz CT molecular complexity index is 4000. The average Bonchev–Trinajstić information content (AvgIpc) is 4.35. The van der Waals surface area contributed by atoms with Gasteiger partial charge in [0.25, 0.3) is 22.2 Å². The number of nitriles is 2. The Morgan fingerprint density at radius 1 is 0.585 bits per heavy atom. The minimum absolute atomic E-state index is 0. The van der Waals surface area contributed by atoms with Crippen molar-refractivity contribution in [2.45, 2.75) is 108 Å². The van der Waals surface area contributed by atoms with Crippen LogP contribution in [-0.4, -0.2) is 86.4 Å². The second-order valence-electron chi connectivity index (χ2n) is 19.0. The molecule has 0 aromatic carbocycles. The van der Waals surface area contributed by atoms with E-state index in [1.807, 2.05) is 17.2 Å². The van der Waals surface area contributed by atoms with Crippen LogP contribution in [0.1, 0.15) is 137 Å². The highest BCUT2D eigenvalue weighted by atomic mass is 35.5. The predicted molar refractivity (Wildman–Crippen MR) is 324 cm³/mol. The van der Waals surface area contributed by atoms with Crippen LogP contribution in [0.3, 0.4) is 0 Å². The summed E-state index contributed by atoms with van der Waals surface area (Å²) in [5.41, 5.74) is 1.29. The molecule has 2 aliphatic heterocycles. The summed E-state index contributed by atoms with van der Waals surface area (Å²) < 4.78 is 45.4. The molecule has 0 spiro atoms. The molecule has 2 aliphatic carbocycles. The van der Waals surface area contributed by atoms with Gasteiger partial charge < -0.3 is 35.1 Å². The Hall–Kier alpha value is -7.48. The molecule has 10 aromatic rings. The molecule has 6 N–H and O–H groups in total. The van der Waals surface area contributed by atoms with E-state index < -0.39 is 23.4 Å². The van der Waals surface area contributed by atoms with Crippen LogP contribution in [0.2, 0.25) is 0 Å². The van der Waals surface area contributed by atoms with Gasteiger partial charge in [-0.25, -0.2) is 14.5 Å². The number of nitrogens with zero attached hydrogens (tertiary/aromatic N) is 13. The van der Waals surface area contributed by atoms with Gasteiger partial charge in [-0.15, -0.1) is 17.5 Å². The second-order valence-corrected chi connectivity index (χ2v) is 19.0. The molecular formula is C51H61ClF3N19O4S4. The maximum absolute atomic E-state index is 14.0. The minimum atomic E-state index is -0.594. The van der Waals surface area contributed by atoms with Gasteiger partial charge in [-0.3, -0.25) is 19.2 Å². The SMILES string of the molecule is CC#N.Cl.N#Cc1c[nH]c2ncnc(N3CCC[C@H]3c3nn4c(F)ccc4c(=O)[nH]3)c12.O=c1[nH]c(C2CCCC2)nn2c(F)ccc12.O=c1[nH]c(C2CCCC2)nn2cccc12.O=c1[nH]c([C@@H]2CCCN2)nn2c(F)ccc12.S.S.S.S. The Morgan fingerprint density at radius 2 is 1.07 bits per heavy atom. The first-order valence-corrected chi connectivity index (χ1v) is 25.4. The van der Waals surface area contributed by atoms with Crippen LogP contribution >= 0.6 is 66.4 Å². The number of nitrogens with one attached hydrogen (secondary N) is 6. The highest BCUT2D eigenvalue weighted by Crippen LogP contribution is 2.38. The standard InChI is InChI=1S/C17H13FN8O.C11H12FN3O.C11H13N3O.C10H11FN4O.C2H3N.ClH.4H2S/c18-12-4-3-11-17(27)23-14(24-26(11)12)10-2-1-5-25(10)16-13-9(6-19)7-20-15(13)21-8-22-16;12-9-6-5-8-11(16)13-10(14-15(8)9)7-3-1-2-4-7;15-11-9-6-3-7-14(9)13-10(12-11)8-4-1-2-5-8;11-8-4-3-7-10(16)13-9(14-15(7)8)6-2-1-5-12-6;1-2-3;;;;;/h3-4,7-8,10H,1-2,5H2,(H,20,21,22)(H,23,24,27);5-7H,1-4H2,(H,13,14,16);3,6-8H,1-2,4-5H2,(H,12,13,15);3-4,6,12H,1-2,5H2,(H,13,14,16);1H3;1H;4*1H2/t10-;;;6-;;;;;;/m0..0....../s1. The van der Waals surface area contributed by atoms with Gasteiger partial charge >= 0.3 is 0 Å². The van der Waals surface area contributed by atoms with Crippen molar-refractivity contribution in [3.8, 4) is 12.1 Å². The molecule has 0 amide bonds. The number of rotatable bonds is 5. The fourth-order valence-electron chi connectivity index (χ4n) is 10.5. The van der Waals surface area contributed by atoms with E-state index in [4.69, 9.17) is 5.26 Å². The summed E-state index contributed by atoms with van der Waals surface area (Å²) in [6.07, 6.45) is 17.5. The van der Waals surface area contributed by atoms with Gasteiger partial charge in [-0.2, -0.15) is 107 Å². The zero-order chi connectivity index (χ0) is 53.7. The van der Waals surface area contributed by atoms with Gasteiger partial charge in [0.2, 0.25) is 17.8 Å². The van der Waals surface area contributed by atoms with Crippen LogP contribution in [0, 0.1) is 40.5 Å². The minimum Gasteiger partial charge on any atom is -0.346 e. The zero-order valence-electron chi connectivity index (χ0n) is 44.0. The van der Waals surface area contributed by atoms with Gasteiger partial charge in [-0.05, 0) is 106 Å². The molecular weight excluding hydrogens is 1160 g/mol. The number of hydrogen-bond acceptors (Lipinski definition) is 14. The molecule has 82 heavy (non-hydrogen) atoms. The first-order valence-electron chi connectivity index (χ1n) is 25.4. The van der Waals surface area contributed by atoms with Crippen molar-refractivity contribution >= 4 is 105 Å². The molecule has 31 heteroatoms. The van der Waals surface area contributed by atoms with Crippen LogP contribution < -0.4 is 32.5 Å². The van der Waals surface area contributed by atoms with Crippen LogP contribution in [0.25, 0.3) is 33.1 Å². The molecule has 2 saturated heterocycles. The predicted octanol–water partition coefficient (Wildman–Crippen LogP) is 7.13. The van der Waals surface area contributed by atoms with E-state index in [1.165, 1.54) is 62.5 Å². The Morgan fingerprint density at radius 3 is 1.60 bits per heavy atom. The number of aromatic nitrogens is 15. The van der Waals surface area contributed by atoms with Gasteiger partial charge in [0.1, 0.15) is 63.4 Å². The topological polar surface area (TPSA) is 305 Å². The van der Waals surface area contributed by atoms with Crippen LogP contribution in [0.4, 0.5) is 19.0 Å². The van der Waals surface area contributed by atoms with Crippen LogP contribution in [-0.2, 0) is 0 Å². The lowest BCUT2D eigenvalue weighted by Gasteiger charge is -2.25. The molecule has 2 saturated carbocycles. The largest absolute Gasteiger partial charge is 0.346 e. The lowest BCUT2D eigenvalue weighted by atomic mass is 10.1. The number of H-pyrrole nitrogens is 5. The van der Waals surface area contributed by atoms with Crippen molar-refractivity contribution < 1.29 is 13.2 Å². The molecule has 0 unspecified atom stereocenters. The summed E-state index contributed by atoms with van der Waals surface area (Å²) in [5, 5.41) is 37.5. The van der Waals surface area contributed by atoms with E-state index in [9.17, 15) is 37.6 Å².